The molecule has 2 N–H and O–H groups in total. The number of aromatic nitrogens is 2. The zero-order chi connectivity index (χ0) is 12.3. The molecule has 0 aliphatic rings. The maximum absolute atomic E-state index is 8.80. The quantitative estimate of drug-likeness (QED) is 0.780. The fourth-order valence-corrected chi connectivity index (χ4v) is 1.97. The average molecular weight is 233 g/mol. The van der Waals surface area contributed by atoms with E-state index in [-0.39, 0.29) is 6.61 Å². The van der Waals surface area contributed by atoms with E-state index in [1.54, 1.807) is 0 Å². The standard InChI is InChI=1S/C13H19N3O/c1-10(2)16-12-7-4-3-6-11(12)15-13(16)14-8-5-9-17/h3-4,6-7,10,17H,5,8-9H2,1-2H3,(H,14,15). The second-order valence-corrected chi connectivity index (χ2v) is 4.39. The van der Waals surface area contributed by atoms with Crippen LogP contribution in [0.15, 0.2) is 24.3 Å². The van der Waals surface area contributed by atoms with E-state index in [1.165, 1.54) is 0 Å². The first-order chi connectivity index (χ1) is 8.24. The number of aliphatic hydroxyl groups is 1. The molecule has 0 spiro atoms. The Morgan fingerprint density at radius 1 is 1.35 bits per heavy atom. The van der Waals surface area contributed by atoms with Crippen molar-refractivity contribution in [3.05, 3.63) is 24.3 Å². The van der Waals surface area contributed by atoms with Crippen LogP contribution in [0.1, 0.15) is 26.3 Å². The Kier molecular flexibility index (Phi) is 3.64. The maximum atomic E-state index is 8.80. The van der Waals surface area contributed by atoms with Crippen LogP contribution in [0.5, 0.6) is 0 Å². The normalized spacial score (nSPS) is 11.3. The summed E-state index contributed by atoms with van der Waals surface area (Å²) >= 11 is 0. The predicted molar refractivity (Wildman–Crippen MR) is 70.3 cm³/mol. The number of para-hydroxylation sites is 2. The zero-order valence-corrected chi connectivity index (χ0v) is 10.3. The molecule has 0 saturated carbocycles. The number of fused-ring (bicyclic) bond motifs is 1. The smallest absolute Gasteiger partial charge is 0.204 e. The summed E-state index contributed by atoms with van der Waals surface area (Å²) in [6.07, 6.45) is 0.737. The molecular weight excluding hydrogens is 214 g/mol. The number of anilines is 1. The lowest BCUT2D eigenvalue weighted by Crippen LogP contribution is -2.11. The van der Waals surface area contributed by atoms with Gasteiger partial charge in [0.1, 0.15) is 0 Å². The van der Waals surface area contributed by atoms with Gasteiger partial charge in [-0.2, -0.15) is 0 Å². The second-order valence-electron chi connectivity index (χ2n) is 4.39. The molecule has 2 aromatic rings. The molecule has 0 aliphatic heterocycles. The third kappa shape index (κ3) is 2.42. The molecule has 0 atom stereocenters. The van der Waals surface area contributed by atoms with Gasteiger partial charge in [-0.15, -0.1) is 0 Å². The molecule has 1 aromatic heterocycles. The number of rotatable bonds is 5. The van der Waals surface area contributed by atoms with E-state index in [9.17, 15) is 0 Å². The van der Waals surface area contributed by atoms with Crippen LogP contribution in [-0.4, -0.2) is 27.8 Å². The summed E-state index contributed by atoms with van der Waals surface area (Å²) in [5.74, 6) is 0.884. The summed E-state index contributed by atoms with van der Waals surface area (Å²) in [6, 6.07) is 8.49. The van der Waals surface area contributed by atoms with Crippen LogP contribution in [0, 0.1) is 0 Å². The number of aliphatic hydroxyl groups excluding tert-OH is 1. The van der Waals surface area contributed by atoms with E-state index in [2.05, 4.69) is 34.8 Å². The molecule has 92 valence electrons. The van der Waals surface area contributed by atoms with Crippen LogP contribution in [0.3, 0.4) is 0 Å². The van der Waals surface area contributed by atoms with Crippen molar-refractivity contribution in [1.29, 1.82) is 0 Å². The van der Waals surface area contributed by atoms with E-state index in [0.29, 0.717) is 6.04 Å². The highest BCUT2D eigenvalue weighted by atomic mass is 16.3. The Labute approximate surface area is 101 Å². The van der Waals surface area contributed by atoms with Crippen molar-refractivity contribution < 1.29 is 5.11 Å². The molecule has 4 nitrogen and oxygen atoms in total. The molecule has 2 rings (SSSR count). The molecule has 0 saturated heterocycles. The fraction of sp³-hybridized carbons (Fsp3) is 0.462. The highest BCUT2D eigenvalue weighted by Crippen LogP contribution is 2.23. The Morgan fingerprint density at radius 2 is 2.12 bits per heavy atom. The van der Waals surface area contributed by atoms with Crippen molar-refractivity contribution in [1.82, 2.24) is 9.55 Å². The van der Waals surface area contributed by atoms with Gasteiger partial charge in [-0.05, 0) is 32.4 Å². The molecule has 0 fully saturated rings. The molecule has 4 heteroatoms. The van der Waals surface area contributed by atoms with E-state index in [1.807, 2.05) is 18.2 Å². The lowest BCUT2D eigenvalue weighted by Gasteiger charge is -2.13. The first kappa shape index (κ1) is 11.9. The molecule has 1 heterocycles. The molecule has 0 bridgehead atoms. The van der Waals surface area contributed by atoms with Gasteiger partial charge in [0.05, 0.1) is 11.0 Å². The van der Waals surface area contributed by atoms with Gasteiger partial charge in [0.2, 0.25) is 5.95 Å². The van der Waals surface area contributed by atoms with Gasteiger partial charge < -0.3 is 15.0 Å². The summed E-state index contributed by atoms with van der Waals surface area (Å²) in [4.78, 5) is 4.58. The fourth-order valence-electron chi connectivity index (χ4n) is 1.97. The molecule has 0 radical (unpaired) electrons. The van der Waals surface area contributed by atoms with Crippen molar-refractivity contribution >= 4 is 17.0 Å². The van der Waals surface area contributed by atoms with Crippen molar-refractivity contribution in [3.8, 4) is 0 Å². The van der Waals surface area contributed by atoms with Crippen LogP contribution in [-0.2, 0) is 0 Å². The Morgan fingerprint density at radius 3 is 2.82 bits per heavy atom. The predicted octanol–water partition coefficient (Wildman–Crippen LogP) is 2.41. The average Bonchev–Trinajstić information content (AvgIpc) is 2.67. The van der Waals surface area contributed by atoms with Crippen LogP contribution in [0.4, 0.5) is 5.95 Å². The van der Waals surface area contributed by atoms with Crippen molar-refractivity contribution in [2.24, 2.45) is 0 Å². The number of hydrogen-bond acceptors (Lipinski definition) is 3. The van der Waals surface area contributed by atoms with Gasteiger partial charge in [0, 0.05) is 19.2 Å². The maximum Gasteiger partial charge on any atom is 0.204 e. The SMILES string of the molecule is CC(C)n1c(NCCCO)nc2ccccc21. The van der Waals surface area contributed by atoms with Crippen LogP contribution < -0.4 is 5.32 Å². The Bertz CT molecular complexity index is 490. The van der Waals surface area contributed by atoms with Crippen LogP contribution in [0.2, 0.25) is 0 Å². The van der Waals surface area contributed by atoms with Gasteiger partial charge in [0.25, 0.3) is 0 Å². The van der Waals surface area contributed by atoms with Crippen molar-refractivity contribution in [2.45, 2.75) is 26.3 Å². The molecule has 0 aliphatic carbocycles. The number of nitrogens with zero attached hydrogens (tertiary/aromatic N) is 2. The monoisotopic (exact) mass is 233 g/mol. The molecule has 0 unspecified atom stereocenters. The van der Waals surface area contributed by atoms with Gasteiger partial charge in [-0.1, -0.05) is 12.1 Å². The van der Waals surface area contributed by atoms with Crippen molar-refractivity contribution in [3.63, 3.8) is 0 Å². The number of imidazole rings is 1. The minimum absolute atomic E-state index is 0.203. The summed E-state index contributed by atoms with van der Waals surface area (Å²) in [5.41, 5.74) is 2.15. The van der Waals surface area contributed by atoms with E-state index < -0.39 is 0 Å². The Balaban J connectivity index is 2.36. The van der Waals surface area contributed by atoms with Gasteiger partial charge in [0.15, 0.2) is 0 Å². The highest BCUT2D eigenvalue weighted by Gasteiger charge is 2.11. The minimum atomic E-state index is 0.203. The van der Waals surface area contributed by atoms with Crippen LogP contribution in [0.25, 0.3) is 11.0 Å². The third-order valence-corrected chi connectivity index (χ3v) is 2.73. The number of hydrogen-bond donors (Lipinski definition) is 2. The summed E-state index contributed by atoms with van der Waals surface area (Å²) in [6.45, 7) is 5.23. The third-order valence-electron chi connectivity index (χ3n) is 2.73. The summed E-state index contributed by atoms with van der Waals surface area (Å²) in [7, 11) is 0. The molecular formula is C13H19N3O. The second kappa shape index (κ2) is 5.19. The van der Waals surface area contributed by atoms with E-state index in [4.69, 9.17) is 5.11 Å². The molecule has 1 aromatic carbocycles. The first-order valence-electron chi connectivity index (χ1n) is 6.05. The molecule has 0 amide bonds. The van der Waals surface area contributed by atoms with Gasteiger partial charge >= 0.3 is 0 Å². The summed E-state index contributed by atoms with van der Waals surface area (Å²) in [5, 5.41) is 12.1. The van der Waals surface area contributed by atoms with Crippen LogP contribution >= 0.6 is 0 Å². The largest absolute Gasteiger partial charge is 0.396 e. The van der Waals surface area contributed by atoms with E-state index in [0.717, 1.165) is 29.9 Å². The van der Waals surface area contributed by atoms with Crippen molar-refractivity contribution in [2.75, 3.05) is 18.5 Å². The number of nitrogens with one attached hydrogen (secondary N) is 1. The lowest BCUT2D eigenvalue weighted by atomic mass is 10.3. The summed E-state index contributed by atoms with van der Waals surface area (Å²) < 4.78 is 2.19. The van der Waals surface area contributed by atoms with Gasteiger partial charge in [-0.25, -0.2) is 4.98 Å². The molecule has 17 heavy (non-hydrogen) atoms. The highest BCUT2D eigenvalue weighted by molar-refractivity contribution is 5.78. The first-order valence-corrected chi connectivity index (χ1v) is 6.05. The lowest BCUT2D eigenvalue weighted by molar-refractivity contribution is 0.292. The minimum Gasteiger partial charge on any atom is -0.396 e. The topological polar surface area (TPSA) is 50.1 Å². The van der Waals surface area contributed by atoms with E-state index >= 15 is 0 Å². The van der Waals surface area contributed by atoms with Gasteiger partial charge in [-0.3, -0.25) is 0 Å². The zero-order valence-electron chi connectivity index (χ0n) is 10.3. The Hall–Kier alpha value is -1.55. The number of benzene rings is 1.